The molecule has 0 radical (unpaired) electrons. The number of hydrogen-bond donors (Lipinski definition) is 0. The number of allylic oxidation sites excluding steroid dienone is 2. The minimum atomic E-state index is 0.904. The smallest absolute Gasteiger partial charge is 0.0351 e. The van der Waals surface area contributed by atoms with E-state index in [1.54, 1.807) is 6.08 Å². The summed E-state index contributed by atoms with van der Waals surface area (Å²) < 4.78 is 0. The Bertz CT molecular complexity index is 125. The lowest BCUT2D eigenvalue weighted by Crippen LogP contribution is -2.15. The van der Waals surface area contributed by atoms with E-state index in [0.29, 0.717) is 0 Å². The van der Waals surface area contributed by atoms with Crippen LogP contribution in [-0.2, 0) is 0 Å². The molecule has 0 amide bonds. The van der Waals surface area contributed by atoms with Gasteiger partial charge in [-0.25, -0.2) is 0 Å². The molecule has 0 atom stereocenters. The van der Waals surface area contributed by atoms with Crippen LogP contribution in [0.25, 0.3) is 0 Å². The molecule has 0 aliphatic rings. The predicted molar refractivity (Wildman–Crippen MR) is 46.8 cm³/mol. The van der Waals surface area contributed by atoms with Crippen LogP contribution in [0.3, 0.4) is 0 Å². The maximum Gasteiger partial charge on any atom is 0.0351 e. The summed E-state index contributed by atoms with van der Waals surface area (Å²) >= 11 is 0. The van der Waals surface area contributed by atoms with Crippen LogP contribution in [0, 0.1) is 0 Å². The quantitative estimate of drug-likeness (QED) is 0.415. The van der Waals surface area contributed by atoms with Gasteiger partial charge < -0.3 is 4.90 Å². The number of likely N-dealkylation sites (N-methyl/N-ethyl adjacent to an activating group) is 1. The van der Waals surface area contributed by atoms with Gasteiger partial charge in [0.1, 0.15) is 0 Å². The Morgan fingerprint density at radius 3 is 2.50 bits per heavy atom. The third-order valence-corrected chi connectivity index (χ3v) is 1.20. The first kappa shape index (κ1) is 9.02. The zero-order valence-corrected chi connectivity index (χ0v) is 6.59. The van der Waals surface area contributed by atoms with Crippen molar-refractivity contribution in [2.45, 2.75) is 6.92 Å². The van der Waals surface area contributed by atoms with E-state index >= 15 is 0 Å². The van der Waals surface area contributed by atoms with Crippen LogP contribution in [0.1, 0.15) is 6.92 Å². The van der Waals surface area contributed by atoms with Crippen molar-refractivity contribution in [2.24, 2.45) is 0 Å². The van der Waals surface area contributed by atoms with Gasteiger partial charge in [-0.05, 0) is 19.2 Å². The number of nitrogens with zero attached hydrogens (tertiary/aromatic N) is 1. The second-order valence-electron chi connectivity index (χ2n) is 1.95. The van der Waals surface area contributed by atoms with Crippen LogP contribution < -0.4 is 0 Å². The largest absolute Gasteiger partial charge is 0.374 e. The van der Waals surface area contributed by atoms with Gasteiger partial charge in [-0.2, -0.15) is 0 Å². The summed E-state index contributed by atoms with van der Waals surface area (Å²) in [6.07, 6.45) is 7.59. The molecule has 0 saturated carbocycles. The highest BCUT2D eigenvalue weighted by molar-refractivity contribution is 4.97. The Morgan fingerprint density at radius 1 is 1.40 bits per heavy atom. The van der Waals surface area contributed by atoms with Gasteiger partial charge in [-0.1, -0.05) is 18.7 Å². The molecule has 0 N–H and O–H groups in total. The molecule has 0 fully saturated rings. The van der Waals surface area contributed by atoms with E-state index in [4.69, 9.17) is 0 Å². The van der Waals surface area contributed by atoms with Crippen molar-refractivity contribution in [1.29, 1.82) is 0 Å². The van der Waals surface area contributed by atoms with Crippen LogP contribution in [0.15, 0.2) is 37.6 Å². The third-order valence-electron chi connectivity index (χ3n) is 1.20. The monoisotopic (exact) mass is 137 g/mol. The van der Waals surface area contributed by atoms with Crippen molar-refractivity contribution < 1.29 is 0 Å². The second kappa shape index (κ2) is 6.14. The first-order valence-electron chi connectivity index (χ1n) is 3.49. The van der Waals surface area contributed by atoms with Crippen LogP contribution in [0.5, 0.6) is 0 Å². The van der Waals surface area contributed by atoms with Gasteiger partial charge in [-0.15, -0.1) is 6.58 Å². The average Bonchev–Trinajstić information content (AvgIpc) is 1.98. The maximum absolute atomic E-state index is 3.66. The fourth-order valence-electron chi connectivity index (χ4n) is 0.644. The molecular weight excluding hydrogens is 122 g/mol. The van der Waals surface area contributed by atoms with E-state index in [0.717, 1.165) is 13.1 Å². The summed E-state index contributed by atoms with van der Waals surface area (Å²) in [6.45, 7) is 11.3. The van der Waals surface area contributed by atoms with Gasteiger partial charge in [0, 0.05) is 13.1 Å². The molecule has 0 aliphatic heterocycles. The van der Waals surface area contributed by atoms with Crippen LogP contribution in [-0.4, -0.2) is 18.0 Å². The van der Waals surface area contributed by atoms with Gasteiger partial charge in [-0.3, -0.25) is 0 Å². The summed E-state index contributed by atoms with van der Waals surface area (Å²) in [4.78, 5) is 2.15. The molecule has 1 heteroatoms. The summed E-state index contributed by atoms with van der Waals surface area (Å²) in [5, 5.41) is 0. The minimum Gasteiger partial charge on any atom is -0.374 e. The van der Waals surface area contributed by atoms with Crippen molar-refractivity contribution in [3.8, 4) is 0 Å². The van der Waals surface area contributed by atoms with Gasteiger partial charge in [0.05, 0.1) is 0 Å². The summed E-state index contributed by atoms with van der Waals surface area (Å²) in [5.41, 5.74) is 0. The Hall–Kier alpha value is -0.980. The Morgan fingerprint density at radius 2 is 2.10 bits per heavy atom. The second-order valence-corrected chi connectivity index (χ2v) is 1.95. The molecule has 0 aliphatic carbocycles. The first-order chi connectivity index (χ1) is 4.85. The Kier molecular flexibility index (Phi) is 5.54. The van der Waals surface area contributed by atoms with Crippen LogP contribution in [0.4, 0.5) is 0 Å². The lowest BCUT2D eigenvalue weighted by molar-refractivity contribution is 0.440. The summed E-state index contributed by atoms with van der Waals surface area (Å²) in [7, 11) is 0. The fourth-order valence-corrected chi connectivity index (χ4v) is 0.644. The number of rotatable bonds is 5. The van der Waals surface area contributed by atoms with Crippen molar-refractivity contribution in [3.05, 3.63) is 37.6 Å². The molecule has 10 heavy (non-hydrogen) atoms. The molecule has 0 saturated heterocycles. The molecule has 0 bridgehead atoms. The number of hydrogen-bond acceptors (Lipinski definition) is 1. The zero-order valence-electron chi connectivity index (χ0n) is 6.59. The molecule has 0 spiro atoms. The molecule has 0 rings (SSSR count). The van der Waals surface area contributed by atoms with Crippen LogP contribution >= 0.6 is 0 Å². The highest BCUT2D eigenvalue weighted by atomic mass is 15.1. The van der Waals surface area contributed by atoms with Crippen molar-refractivity contribution in [2.75, 3.05) is 13.1 Å². The van der Waals surface area contributed by atoms with Crippen molar-refractivity contribution in [3.63, 3.8) is 0 Å². The van der Waals surface area contributed by atoms with E-state index in [9.17, 15) is 0 Å². The Labute approximate surface area is 63.3 Å². The zero-order chi connectivity index (χ0) is 7.82. The molecule has 56 valence electrons. The van der Waals surface area contributed by atoms with Crippen molar-refractivity contribution in [1.82, 2.24) is 4.90 Å². The van der Waals surface area contributed by atoms with E-state index in [1.165, 1.54) is 0 Å². The van der Waals surface area contributed by atoms with Gasteiger partial charge >= 0.3 is 0 Å². The Balaban J connectivity index is 3.68. The maximum atomic E-state index is 3.66. The average molecular weight is 137 g/mol. The fraction of sp³-hybridized carbons (Fsp3) is 0.333. The van der Waals surface area contributed by atoms with Crippen molar-refractivity contribution >= 4 is 0 Å². The lowest BCUT2D eigenvalue weighted by Gasteiger charge is -2.14. The first-order valence-corrected chi connectivity index (χ1v) is 3.49. The molecule has 0 aromatic heterocycles. The normalized spacial score (nSPS) is 9.70. The molecule has 1 nitrogen and oxygen atoms in total. The van der Waals surface area contributed by atoms with Gasteiger partial charge in [0.25, 0.3) is 0 Å². The molecular formula is C9H15N. The standard InChI is InChI=1S/C9H15N/c1-4-7-9-10(6-3)8-5-2/h4-5,7,9H,1-2,6,8H2,3H3/b9-7+. The third kappa shape index (κ3) is 3.96. The van der Waals surface area contributed by atoms with Gasteiger partial charge in [0.2, 0.25) is 0 Å². The minimum absolute atomic E-state index is 0.904. The SMILES string of the molecule is C=C/C=C/N(CC)CC=C. The summed E-state index contributed by atoms with van der Waals surface area (Å²) in [5.74, 6) is 0. The van der Waals surface area contributed by atoms with E-state index in [2.05, 4.69) is 25.0 Å². The summed E-state index contributed by atoms with van der Waals surface area (Å²) in [6, 6.07) is 0. The molecule has 0 unspecified atom stereocenters. The highest BCUT2D eigenvalue weighted by Gasteiger charge is 1.87. The highest BCUT2D eigenvalue weighted by Crippen LogP contribution is 1.88. The van der Waals surface area contributed by atoms with E-state index in [-0.39, 0.29) is 0 Å². The molecule has 0 aromatic rings. The molecule has 0 aromatic carbocycles. The van der Waals surface area contributed by atoms with Gasteiger partial charge in [0.15, 0.2) is 0 Å². The van der Waals surface area contributed by atoms with Crippen LogP contribution in [0.2, 0.25) is 0 Å². The topological polar surface area (TPSA) is 3.24 Å². The molecule has 0 heterocycles. The van der Waals surface area contributed by atoms with E-state index in [1.807, 2.05) is 18.4 Å². The predicted octanol–water partition coefficient (Wildman–Crippen LogP) is 2.19. The lowest BCUT2D eigenvalue weighted by atomic mass is 10.5. The van der Waals surface area contributed by atoms with E-state index < -0.39 is 0 Å².